The first-order chi connectivity index (χ1) is 7.65. The van der Waals surface area contributed by atoms with Crippen LogP contribution in [-0.4, -0.2) is 5.91 Å². The first-order valence-electron chi connectivity index (χ1n) is 5.40. The minimum Gasteiger partial charge on any atom is -0.326 e. The summed E-state index contributed by atoms with van der Waals surface area (Å²) in [4.78, 5) is 11.6. The highest BCUT2D eigenvalue weighted by Gasteiger charge is 2.20. The molecule has 0 aromatic heterocycles. The molecule has 1 amide bonds. The SMILES string of the molecule is O=C(CC1CCC1)Nc1ccc(F)c(Br)c1. The van der Waals surface area contributed by atoms with Crippen LogP contribution in [0.25, 0.3) is 0 Å². The minimum atomic E-state index is -0.322. The molecule has 1 aromatic rings. The molecule has 4 heteroatoms. The lowest BCUT2D eigenvalue weighted by atomic mass is 9.83. The Balaban J connectivity index is 1.92. The number of halogens is 2. The molecule has 0 aliphatic heterocycles. The van der Waals surface area contributed by atoms with Gasteiger partial charge in [-0.1, -0.05) is 6.42 Å². The highest BCUT2D eigenvalue weighted by molar-refractivity contribution is 9.10. The van der Waals surface area contributed by atoms with Crippen LogP contribution in [0.2, 0.25) is 0 Å². The molecule has 86 valence electrons. The maximum Gasteiger partial charge on any atom is 0.224 e. The van der Waals surface area contributed by atoms with Crippen LogP contribution in [0.1, 0.15) is 25.7 Å². The molecule has 1 N–H and O–H groups in total. The summed E-state index contributed by atoms with van der Waals surface area (Å²) in [6, 6.07) is 4.48. The largest absolute Gasteiger partial charge is 0.326 e. The minimum absolute atomic E-state index is 0.0169. The Morgan fingerprint density at radius 3 is 2.81 bits per heavy atom. The third-order valence-electron chi connectivity index (χ3n) is 2.90. The summed E-state index contributed by atoms with van der Waals surface area (Å²) in [6.07, 6.45) is 4.12. The predicted molar refractivity (Wildman–Crippen MR) is 64.7 cm³/mol. The Bertz CT molecular complexity index is 404. The molecular formula is C12H13BrFNO. The van der Waals surface area contributed by atoms with Gasteiger partial charge in [-0.25, -0.2) is 4.39 Å². The highest BCUT2D eigenvalue weighted by Crippen LogP contribution is 2.29. The fourth-order valence-electron chi connectivity index (χ4n) is 1.75. The van der Waals surface area contributed by atoms with Crippen molar-refractivity contribution in [2.45, 2.75) is 25.7 Å². The second-order valence-corrected chi connectivity index (χ2v) is 5.03. The molecule has 1 saturated carbocycles. The van der Waals surface area contributed by atoms with Gasteiger partial charge in [-0.15, -0.1) is 0 Å². The van der Waals surface area contributed by atoms with Gasteiger partial charge < -0.3 is 5.32 Å². The molecule has 2 nitrogen and oxygen atoms in total. The predicted octanol–water partition coefficient (Wildman–Crippen LogP) is 3.72. The van der Waals surface area contributed by atoms with E-state index < -0.39 is 0 Å². The lowest BCUT2D eigenvalue weighted by molar-refractivity contribution is -0.117. The van der Waals surface area contributed by atoms with E-state index in [4.69, 9.17) is 0 Å². The number of nitrogens with one attached hydrogen (secondary N) is 1. The summed E-state index contributed by atoms with van der Waals surface area (Å²) in [5, 5.41) is 2.77. The van der Waals surface area contributed by atoms with Crippen LogP contribution in [0.5, 0.6) is 0 Å². The van der Waals surface area contributed by atoms with Crippen molar-refractivity contribution in [3.63, 3.8) is 0 Å². The zero-order valence-electron chi connectivity index (χ0n) is 8.80. The molecule has 0 heterocycles. The van der Waals surface area contributed by atoms with Gasteiger partial charge in [0.1, 0.15) is 5.82 Å². The lowest BCUT2D eigenvalue weighted by Crippen LogP contribution is -2.20. The summed E-state index contributed by atoms with van der Waals surface area (Å²) in [5.74, 6) is 0.240. The summed E-state index contributed by atoms with van der Waals surface area (Å²) in [7, 11) is 0. The van der Waals surface area contributed by atoms with Gasteiger partial charge in [0.2, 0.25) is 5.91 Å². The van der Waals surface area contributed by atoms with Gasteiger partial charge in [-0.3, -0.25) is 4.79 Å². The lowest BCUT2D eigenvalue weighted by Gasteiger charge is -2.24. The van der Waals surface area contributed by atoms with Crippen molar-refractivity contribution < 1.29 is 9.18 Å². The number of benzene rings is 1. The average molecular weight is 286 g/mol. The Morgan fingerprint density at radius 1 is 1.50 bits per heavy atom. The van der Waals surface area contributed by atoms with Crippen molar-refractivity contribution >= 4 is 27.5 Å². The molecule has 0 bridgehead atoms. The van der Waals surface area contributed by atoms with E-state index in [1.165, 1.54) is 12.5 Å². The Hall–Kier alpha value is -0.900. The maximum absolute atomic E-state index is 13.0. The van der Waals surface area contributed by atoms with Crippen molar-refractivity contribution in [3.8, 4) is 0 Å². The number of amides is 1. The Kier molecular flexibility index (Phi) is 3.59. The standard InChI is InChI=1S/C12H13BrFNO/c13-10-7-9(4-5-11(10)14)15-12(16)6-8-2-1-3-8/h4-5,7-8H,1-3,6H2,(H,15,16). The van der Waals surface area contributed by atoms with Gasteiger partial charge in [-0.05, 0) is 52.9 Å². The quantitative estimate of drug-likeness (QED) is 0.901. The normalized spacial score (nSPS) is 15.6. The van der Waals surface area contributed by atoms with Crippen molar-refractivity contribution in [2.75, 3.05) is 5.32 Å². The van der Waals surface area contributed by atoms with E-state index >= 15 is 0 Å². The van der Waals surface area contributed by atoms with Crippen molar-refractivity contribution in [3.05, 3.63) is 28.5 Å². The molecule has 0 saturated heterocycles. The van der Waals surface area contributed by atoms with Gasteiger partial charge in [0.15, 0.2) is 0 Å². The van der Waals surface area contributed by atoms with E-state index in [0.29, 0.717) is 22.5 Å². The molecule has 1 aliphatic carbocycles. The number of carbonyl (C=O) groups excluding carboxylic acids is 1. The summed E-state index contributed by atoms with van der Waals surface area (Å²) >= 11 is 3.09. The van der Waals surface area contributed by atoms with Crippen LogP contribution in [0.4, 0.5) is 10.1 Å². The smallest absolute Gasteiger partial charge is 0.224 e. The topological polar surface area (TPSA) is 29.1 Å². The number of carbonyl (C=O) groups is 1. The van der Waals surface area contributed by atoms with Gasteiger partial charge in [0, 0.05) is 12.1 Å². The molecule has 1 fully saturated rings. The van der Waals surface area contributed by atoms with Crippen LogP contribution >= 0.6 is 15.9 Å². The fourth-order valence-corrected chi connectivity index (χ4v) is 2.12. The summed E-state index contributed by atoms with van der Waals surface area (Å²) in [5.41, 5.74) is 0.637. The van der Waals surface area contributed by atoms with Crippen LogP contribution < -0.4 is 5.32 Å². The molecule has 1 aliphatic rings. The van der Waals surface area contributed by atoms with Crippen LogP contribution in [-0.2, 0) is 4.79 Å². The summed E-state index contributed by atoms with van der Waals surface area (Å²) in [6.45, 7) is 0. The second kappa shape index (κ2) is 4.95. The van der Waals surface area contributed by atoms with E-state index in [9.17, 15) is 9.18 Å². The van der Waals surface area contributed by atoms with E-state index in [2.05, 4.69) is 21.2 Å². The van der Waals surface area contributed by atoms with Gasteiger partial charge in [0.05, 0.1) is 4.47 Å². The maximum atomic E-state index is 13.0. The molecule has 16 heavy (non-hydrogen) atoms. The average Bonchev–Trinajstić information content (AvgIpc) is 2.18. The van der Waals surface area contributed by atoms with E-state index in [1.54, 1.807) is 12.1 Å². The zero-order valence-corrected chi connectivity index (χ0v) is 10.4. The molecule has 0 atom stereocenters. The Morgan fingerprint density at radius 2 is 2.25 bits per heavy atom. The number of hydrogen-bond acceptors (Lipinski definition) is 1. The number of rotatable bonds is 3. The highest BCUT2D eigenvalue weighted by atomic mass is 79.9. The van der Waals surface area contributed by atoms with Gasteiger partial charge >= 0.3 is 0 Å². The third-order valence-corrected chi connectivity index (χ3v) is 3.51. The molecular weight excluding hydrogens is 273 g/mol. The molecule has 2 rings (SSSR count). The van der Waals surface area contributed by atoms with Gasteiger partial charge in [-0.2, -0.15) is 0 Å². The van der Waals surface area contributed by atoms with Crippen molar-refractivity contribution in [2.24, 2.45) is 5.92 Å². The van der Waals surface area contributed by atoms with Crippen LogP contribution in [0.15, 0.2) is 22.7 Å². The van der Waals surface area contributed by atoms with E-state index in [1.807, 2.05) is 0 Å². The third kappa shape index (κ3) is 2.82. The van der Waals surface area contributed by atoms with E-state index in [-0.39, 0.29) is 11.7 Å². The molecule has 1 aromatic carbocycles. The Labute approximate surface area is 102 Å². The second-order valence-electron chi connectivity index (χ2n) is 4.18. The summed E-state index contributed by atoms with van der Waals surface area (Å²) < 4.78 is 13.3. The molecule has 0 spiro atoms. The molecule has 0 radical (unpaired) electrons. The first-order valence-corrected chi connectivity index (χ1v) is 6.19. The number of hydrogen-bond donors (Lipinski definition) is 1. The molecule has 0 unspecified atom stereocenters. The van der Waals surface area contributed by atoms with Crippen molar-refractivity contribution in [1.29, 1.82) is 0 Å². The van der Waals surface area contributed by atoms with E-state index in [0.717, 1.165) is 12.8 Å². The van der Waals surface area contributed by atoms with Gasteiger partial charge in [0.25, 0.3) is 0 Å². The number of anilines is 1. The van der Waals surface area contributed by atoms with Crippen LogP contribution in [0, 0.1) is 11.7 Å². The van der Waals surface area contributed by atoms with Crippen molar-refractivity contribution in [1.82, 2.24) is 0 Å². The first kappa shape index (κ1) is 11.6. The van der Waals surface area contributed by atoms with Crippen LogP contribution in [0.3, 0.4) is 0 Å². The monoisotopic (exact) mass is 285 g/mol. The fraction of sp³-hybridized carbons (Fsp3) is 0.417. The zero-order chi connectivity index (χ0) is 11.5.